The van der Waals surface area contributed by atoms with Crippen LogP contribution in [0.1, 0.15) is 56.3 Å². The molecule has 0 aromatic carbocycles. The van der Waals surface area contributed by atoms with E-state index in [0.29, 0.717) is 33.9 Å². The van der Waals surface area contributed by atoms with Crippen molar-refractivity contribution in [1.82, 2.24) is 19.9 Å². The SMILES string of the molecule is Cc1nc(NCC2(C)CC2)nc(N[C@@H]2C[C@H](C(F)F)[C@@H](O)[C@H]2O)c1-c1nc2c(C3CC3)nccc2s1. The number of halogens is 2. The number of thiazole rings is 1. The lowest BCUT2D eigenvalue weighted by molar-refractivity contribution is -0.0333. The number of nitrogens with zero attached hydrogens (tertiary/aromatic N) is 4. The first-order valence-electron chi connectivity index (χ1n) is 12.5. The standard InChI is InChI=1S/C25H30F2N6O2S/c1-11-16(23-32-18-15(36-23)5-8-28-17(18)12-3-4-12)22(33-24(30-11)29-10-25(2)6-7-25)31-14-9-13(21(26)27)19(34)20(14)35/h5,8,12-14,19-21,34-35H,3-4,6-7,9-10H2,1-2H3,(H2,29,30,31,33)/t13-,14+,19+,20-/m0/s1. The van der Waals surface area contributed by atoms with Gasteiger partial charge in [0.05, 0.1) is 39.7 Å². The summed E-state index contributed by atoms with van der Waals surface area (Å²) in [5.41, 5.74) is 3.48. The predicted octanol–water partition coefficient (Wildman–Crippen LogP) is 4.33. The fraction of sp³-hybridized carbons (Fsp3) is 0.600. The summed E-state index contributed by atoms with van der Waals surface area (Å²) in [5, 5.41) is 28.0. The van der Waals surface area contributed by atoms with E-state index in [2.05, 4.69) is 27.5 Å². The minimum absolute atomic E-state index is 0.0705. The Labute approximate surface area is 211 Å². The summed E-state index contributed by atoms with van der Waals surface area (Å²) in [7, 11) is 0. The number of fused-ring (bicyclic) bond motifs is 1. The minimum atomic E-state index is -2.72. The molecule has 0 aliphatic heterocycles. The Morgan fingerprint density at radius 3 is 2.61 bits per heavy atom. The van der Waals surface area contributed by atoms with Gasteiger partial charge in [-0.25, -0.2) is 18.7 Å². The minimum Gasteiger partial charge on any atom is -0.390 e. The summed E-state index contributed by atoms with van der Waals surface area (Å²) >= 11 is 1.51. The zero-order valence-electron chi connectivity index (χ0n) is 20.2. The Balaban J connectivity index is 1.39. The van der Waals surface area contributed by atoms with Crippen LogP contribution in [0.4, 0.5) is 20.5 Å². The quantitative estimate of drug-likeness (QED) is 0.350. The first-order chi connectivity index (χ1) is 17.2. The molecule has 3 saturated carbocycles. The third-order valence-corrected chi connectivity index (χ3v) is 8.79. The number of rotatable bonds is 8. The lowest BCUT2D eigenvalue weighted by Gasteiger charge is -2.21. The first kappa shape index (κ1) is 23.9. The van der Waals surface area contributed by atoms with Gasteiger partial charge in [-0.1, -0.05) is 6.92 Å². The van der Waals surface area contributed by atoms with Crippen molar-refractivity contribution in [3.05, 3.63) is 23.7 Å². The topological polar surface area (TPSA) is 116 Å². The number of hydrogen-bond acceptors (Lipinski definition) is 9. The Morgan fingerprint density at radius 1 is 1.17 bits per heavy atom. The number of aliphatic hydroxyl groups excluding tert-OH is 2. The fourth-order valence-corrected chi connectivity index (χ4v) is 6.03. The first-order valence-corrected chi connectivity index (χ1v) is 13.3. The van der Waals surface area contributed by atoms with Gasteiger partial charge in [-0.2, -0.15) is 4.98 Å². The van der Waals surface area contributed by atoms with Crippen molar-refractivity contribution in [1.29, 1.82) is 0 Å². The third kappa shape index (κ3) is 4.41. The molecule has 3 aliphatic rings. The summed E-state index contributed by atoms with van der Waals surface area (Å²) in [6.07, 6.45) is 0.693. The summed E-state index contributed by atoms with van der Waals surface area (Å²) in [4.78, 5) is 18.9. The van der Waals surface area contributed by atoms with Crippen LogP contribution in [0.2, 0.25) is 0 Å². The van der Waals surface area contributed by atoms with Crippen LogP contribution >= 0.6 is 11.3 Å². The number of anilines is 2. The van der Waals surface area contributed by atoms with Gasteiger partial charge in [0, 0.05) is 18.7 Å². The monoisotopic (exact) mass is 516 g/mol. The van der Waals surface area contributed by atoms with Crippen LogP contribution in [-0.2, 0) is 0 Å². The maximum atomic E-state index is 13.4. The van der Waals surface area contributed by atoms with E-state index in [9.17, 15) is 19.0 Å². The van der Waals surface area contributed by atoms with Crippen molar-refractivity contribution in [3.63, 3.8) is 0 Å². The van der Waals surface area contributed by atoms with Crippen molar-refractivity contribution in [2.75, 3.05) is 17.2 Å². The Hall–Kier alpha value is -2.50. The molecule has 0 saturated heterocycles. The average molecular weight is 517 g/mol. The molecule has 3 aromatic heterocycles. The van der Waals surface area contributed by atoms with Crippen LogP contribution < -0.4 is 10.6 Å². The van der Waals surface area contributed by atoms with E-state index >= 15 is 0 Å². The highest BCUT2D eigenvalue weighted by Crippen LogP contribution is 2.46. The molecule has 3 aromatic rings. The van der Waals surface area contributed by atoms with Gasteiger partial charge < -0.3 is 20.8 Å². The fourth-order valence-electron chi connectivity index (χ4n) is 4.97. The number of alkyl halides is 2. The summed E-state index contributed by atoms with van der Waals surface area (Å²) in [6.45, 7) is 4.81. The van der Waals surface area contributed by atoms with Crippen molar-refractivity contribution < 1.29 is 19.0 Å². The zero-order chi connectivity index (χ0) is 25.2. The molecular weight excluding hydrogens is 486 g/mol. The van der Waals surface area contributed by atoms with Crippen LogP contribution in [0, 0.1) is 18.3 Å². The van der Waals surface area contributed by atoms with Crippen molar-refractivity contribution >= 4 is 33.3 Å². The number of pyridine rings is 1. The number of aliphatic hydroxyl groups is 2. The molecule has 192 valence electrons. The van der Waals surface area contributed by atoms with Gasteiger partial charge >= 0.3 is 0 Å². The summed E-state index contributed by atoms with van der Waals surface area (Å²) in [5.74, 6) is -0.00912. The molecule has 4 atom stereocenters. The second kappa shape index (κ2) is 8.81. The number of nitrogens with one attached hydrogen (secondary N) is 2. The van der Waals surface area contributed by atoms with Gasteiger partial charge in [0.25, 0.3) is 0 Å². The maximum Gasteiger partial charge on any atom is 0.244 e. The van der Waals surface area contributed by atoms with Crippen molar-refractivity contribution in [3.8, 4) is 10.6 Å². The Kier molecular flexibility index (Phi) is 5.84. The third-order valence-electron chi connectivity index (χ3n) is 7.75. The molecule has 3 fully saturated rings. The number of aryl methyl sites for hydroxylation is 1. The molecular formula is C25H30F2N6O2S. The van der Waals surface area contributed by atoms with Crippen molar-refractivity contribution in [2.45, 2.75) is 76.5 Å². The normalized spacial score (nSPS) is 27.1. The Morgan fingerprint density at radius 2 is 1.94 bits per heavy atom. The molecule has 6 rings (SSSR count). The van der Waals surface area contributed by atoms with Crippen LogP contribution in [0.5, 0.6) is 0 Å². The van der Waals surface area contributed by atoms with Gasteiger partial charge in [-0.15, -0.1) is 11.3 Å². The molecule has 3 heterocycles. The summed E-state index contributed by atoms with van der Waals surface area (Å²) in [6, 6.07) is 1.17. The van der Waals surface area contributed by atoms with Crippen LogP contribution in [0.3, 0.4) is 0 Å². The van der Waals surface area contributed by atoms with E-state index in [1.807, 2.05) is 19.2 Å². The molecule has 0 amide bonds. The van der Waals surface area contributed by atoms with Crippen LogP contribution in [0.15, 0.2) is 12.3 Å². The molecule has 8 nitrogen and oxygen atoms in total. The van der Waals surface area contributed by atoms with Gasteiger partial charge in [0.15, 0.2) is 0 Å². The highest BCUT2D eigenvalue weighted by molar-refractivity contribution is 7.21. The molecule has 36 heavy (non-hydrogen) atoms. The number of hydrogen-bond donors (Lipinski definition) is 4. The van der Waals surface area contributed by atoms with E-state index in [0.717, 1.165) is 48.1 Å². The highest BCUT2D eigenvalue weighted by atomic mass is 32.1. The second-order valence-electron chi connectivity index (χ2n) is 10.8. The van der Waals surface area contributed by atoms with Gasteiger partial charge in [0.1, 0.15) is 22.4 Å². The molecule has 4 N–H and O–H groups in total. The Bertz CT molecular complexity index is 1300. The van der Waals surface area contributed by atoms with Gasteiger partial charge in [-0.05, 0) is 50.5 Å². The molecule has 3 aliphatic carbocycles. The molecule has 0 radical (unpaired) electrons. The number of aromatic nitrogens is 4. The highest BCUT2D eigenvalue weighted by Gasteiger charge is 2.46. The average Bonchev–Trinajstić information content (AvgIpc) is 3.75. The van der Waals surface area contributed by atoms with E-state index in [1.54, 1.807) is 0 Å². The summed E-state index contributed by atoms with van der Waals surface area (Å²) < 4.78 is 27.9. The van der Waals surface area contributed by atoms with Gasteiger partial charge in [0.2, 0.25) is 12.4 Å². The zero-order valence-corrected chi connectivity index (χ0v) is 21.0. The lowest BCUT2D eigenvalue weighted by atomic mass is 10.1. The lowest BCUT2D eigenvalue weighted by Crippen LogP contribution is -2.36. The van der Waals surface area contributed by atoms with Gasteiger partial charge in [-0.3, -0.25) is 4.98 Å². The van der Waals surface area contributed by atoms with Crippen LogP contribution in [-0.4, -0.2) is 61.4 Å². The van der Waals surface area contributed by atoms with Crippen LogP contribution in [0.25, 0.3) is 20.8 Å². The van der Waals surface area contributed by atoms with E-state index in [-0.39, 0.29) is 11.8 Å². The van der Waals surface area contributed by atoms with E-state index in [1.165, 1.54) is 11.3 Å². The molecule has 0 spiro atoms. The van der Waals surface area contributed by atoms with E-state index in [4.69, 9.17) is 9.97 Å². The maximum absolute atomic E-state index is 13.4. The predicted molar refractivity (Wildman–Crippen MR) is 135 cm³/mol. The second-order valence-corrected chi connectivity index (χ2v) is 11.9. The largest absolute Gasteiger partial charge is 0.390 e. The molecule has 0 bridgehead atoms. The van der Waals surface area contributed by atoms with Crippen molar-refractivity contribution in [2.24, 2.45) is 11.3 Å². The van der Waals surface area contributed by atoms with E-state index < -0.39 is 30.6 Å². The molecule has 0 unspecified atom stereocenters. The smallest absolute Gasteiger partial charge is 0.244 e. The molecule has 11 heteroatoms.